The molecule has 0 unspecified atom stereocenters. The first-order valence-electron chi connectivity index (χ1n) is 6.22. The van der Waals surface area contributed by atoms with E-state index in [1.807, 2.05) is 30.3 Å². The van der Waals surface area contributed by atoms with Crippen molar-refractivity contribution < 1.29 is 0 Å². The summed E-state index contributed by atoms with van der Waals surface area (Å²) in [5.74, 6) is 0. The molecule has 2 rings (SSSR count). The summed E-state index contributed by atoms with van der Waals surface area (Å²) in [6.07, 6.45) is 4.71. The lowest BCUT2D eigenvalue weighted by Gasteiger charge is -2.21. The van der Waals surface area contributed by atoms with Crippen LogP contribution >= 0.6 is 0 Å². The van der Waals surface area contributed by atoms with E-state index in [1.54, 1.807) is 0 Å². The molecule has 0 aliphatic carbocycles. The summed E-state index contributed by atoms with van der Waals surface area (Å²) in [6.45, 7) is 1.06. The first-order valence-corrected chi connectivity index (χ1v) is 6.22. The first kappa shape index (κ1) is 11.7. The summed E-state index contributed by atoms with van der Waals surface area (Å²) in [5, 5.41) is 9.41. The Kier molecular flexibility index (Phi) is 3.82. The predicted molar refractivity (Wildman–Crippen MR) is 70.1 cm³/mol. The maximum Gasteiger partial charge on any atom is 0.102 e. The molecule has 0 radical (unpaired) electrons. The van der Waals surface area contributed by atoms with Crippen molar-refractivity contribution in [3.05, 3.63) is 41.6 Å². The number of nitriles is 1. The Morgan fingerprint density at radius 1 is 1.18 bits per heavy atom. The number of nitrogens with zero attached hydrogens (tertiary/aromatic N) is 2. The van der Waals surface area contributed by atoms with E-state index < -0.39 is 0 Å². The van der Waals surface area contributed by atoms with Gasteiger partial charge >= 0.3 is 0 Å². The van der Waals surface area contributed by atoms with Gasteiger partial charge in [0.05, 0.1) is 5.57 Å². The van der Waals surface area contributed by atoms with Crippen LogP contribution < -0.4 is 0 Å². The fourth-order valence-electron chi connectivity index (χ4n) is 2.36. The van der Waals surface area contributed by atoms with Gasteiger partial charge in [-0.15, -0.1) is 0 Å². The minimum absolute atomic E-state index is 0.843. The molecule has 1 aliphatic heterocycles. The van der Waals surface area contributed by atoms with Crippen molar-refractivity contribution in [1.82, 2.24) is 4.90 Å². The quantitative estimate of drug-likeness (QED) is 0.686. The van der Waals surface area contributed by atoms with Gasteiger partial charge < -0.3 is 4.90 Å². The number of benzene rings is 1. The summed E-state index contributed by atoms with van der Waals surface area (Å²) >= 11 is 0. The van der Waals surface area contributed by atoms with Crippen LogP contribution in [0.5, 0.6) is 0 Å². The molecular weight excluding hydrogens is 208 g/mol. The van der Waals surface area contributed by atoms with E-state index in [0.29, 0.717) is 0 Å². The molecular formula is C15H18N2. The maximum atomic E-state index is 9.41. The second-order valence-electron chi connectivity index (χ2n) is 4.53. The zero-order valence-corrected chi connectivity index (χ0v) is 10.3. The Hall–Kier alpha value is -1.75. The van der Waals surface area contributed by atoms with Crippen LogP contribution in [0.25, 0.3) is 5.57 Å². The second kappa shape index (κ2) is 5.54. The van der Waals surface area contributed by atoms with Crippen LogP contribution in [-0.4, -0.2) is 18.5 Å². The van der Waals surface area contributed by atoms with E-state index >= 15 is 0 Å². The van der Waals surface area contributed by atoms with Gasteiger partial charge in [0.25, 0.3) is 0 Å². The summed E-state index contributed by atoms with van der Waals surface area (Å²) in [7, 11) is 2.10. The van der Waals surface area contributed by atoms with Gasteiger partial charge in [-0.3, -0.25) is 0 Å². The summed E-state index contributed by atoms with van der Waals surface area (Å²) < 4.78 is 0. The summed E-state index contributed by atoms with van der Waals surface area (Å²) in [5.41, 5.74) is 3.09. The predicted octanol–water partition coefficient (Wildman–Crippen LogP) is 3.43. The van der Waals surface area contributed by atoms with Crippen molar-refractivity contribution in [3.8, 4) is 6.07 Å². The molecule has 1 heterocycles. The van der Waals surface area contributed by atoms with Crippen LogP contribution in [0, 0.1) is 11.3 Å². The van der Waals surface area contributed by atoms with Crippen LogP contribution in [0.15, 0.2) is 36.0 Å². The van der Waals surface area contributed by atoms with Crippen molar-refractivity contribution >= 4 is 5.57 Å². The van der Waals surface area contributed by atoms with Gasteiger partial charge in [0.1, 0.15) is 6.07 Å². The van der Waals surface area contributed by atoms with Crippen LogP contribution in [-0.2, 0) is 0 Å². The monoisotopic (exact) mass is 226 g/mol. The molecule has 2 heteroatoms. The smallest absolute Gasteiger partial charge is 0.102 e. The zero-order chi connectivity index (χ0) is 12.1. The highest BCUT2D eigenvalue weighted by Gasteiger charge is 2.15. The SMILES string of the molecule is CN1CCCCC/C1=C(\C#N)c1ccccc1. The second-order valence-corrected chi connectivity index (χ2v) is 4.53. The lowest BCUT2D eigenvalue weighted by Crippen LogP contribution is -2.18. The van der Waals surface area contributed by atoms with E-state index in [1.165, 1.54) is 25.0 Å². The Bertz CT molecular complexity index is 440. The largest absolute Gasteiger partial charge is 0.377 e. The normalized spacial score (nSPS) is 19.4. The average Bonchev–Trinajstić information content (AvgIpc) is 2.58. The minimum atomic E-state index is 0.843. The Morgan fingerprint density at radius 2 is 1.94 bits per heavy atom. The fourth-order valence-corrected chi connectivity index (χ4v) is 2.36. The Labute approximate surface area is 103 Å². The van der Waals surface area contributed by atoms with Gasteiger partial charge in [-0.1, -0.05) is 36.8 Å². The van der Waals surface area contributed by atoms with Gasteiger partial charge in [0, 0.05) is 19.3 Å². The Morgan fingerprint density at radius 3 is 2.65 bits per heavy atom. The molecule has 17 heavy (non-hydrogen) atoms. The van der Waals surface area contributed by atoms with Crippen molar-refractivity contribution in [2.75, 3.05) is 13.6 Å². The molecule has 1 aliphatic rings. The number of hydrogen-bond acceptors (Lipinski definition) is 2. The number of allylic oxidation sites excluding steroid dienone is 2. The third-order valence-corrected chi connectivity index (χ3v) is 3.33. The minimum Gasteiger partial charge on any atom is -0.377 e. The molecule has 0 aromatic heterocycles. The topological polar surface area (TPSA) is 27.0 Å². The highest BCUT2D eigenvalue weighted by atomic mass is 15.1. The van der Waals surface area contributed by atoms with Crippen molar-refractivity contribution in [2.45, 2.75) is 25.7 Å². The molecule has 88 valence electrons. The Balaban J connectivity index is 2.42. The van der Waals surface area contributed by atoms with Crippen molar-refractivity contribution in [2.24, 2.45) is 0 Å². The van der Waals surface area contributed by atoms with E-state index in [4.69, 9.17) is 0 Å². The molecule has 1 fully saturated rings. The van der Waals surface area contributed by atoms with E-state index in [9.17, 15) is 5.26 Å². The maximum absolute atomic E-state index is 9.41. The molecule has 0 N–H and O–H groups in total. The van der Waals surface area contributed by atoms with E-state index in [0.717, 1.165) is 24.1 Å². The molecule has 0 spiro atoms. The third kappa shape index (κ3) is 2.68. The molecule has 0 saturated carbocycles. The molecule has 1 aromatic carbocycles. The standard InChI is InChI=1S/C15H18N2/c1-17-11-7-3-6-10-15(17)14(12-16)13-8-4-2-5-9-13/h2,4-5,8-9H,3,6-7,10-11H2,1H3/b15-14-. The third-order valence-electron chi connectivity index (χ3n) is 3.33. The lowest BCUT2D eigenvalue weighted by molar-refractivity contribution is 0.420. The molecule has 2 nitrogen and oxygen atoms in total. The van der Waals surface area contributed by atoms with E-state index in [-0.39, 0.29) is 0 Å². The van der Waals surface area contributed by atoms with Crippen molar-refractivity contribution in [1.29, 1.82) is 5.26 Å². The van der Waals surface area contributed by atoms with Gasteiger partial charge in [-0.25, -0.2) is 0 Å². The summed E-state index contributed by atoms with van der Waals surface area (Å²) in [4.78, 5) is 2.25. The number of hydrogen-bond donors (Lipinski definition) is 0. The van der Waals surface area contributed by atoms with Gasteiger partial charge in [-0.05, 0) is 24.8 Å². The molecule has 1 aromatic rings. The molecule has 0 atom stereocenters. The first-order chi connectivity index (χ1) is 8.33. The number of rotatable bonds is 1. The van der Waals surface area contributed by atoms with Crippen molar-refractivity contribution in [3.63, 3.8) is 0 Å². The number of likely N-dealkylation sites (tertiary alicyclic amines) is 1. The van der Waals surface area contributed by atoms with Crippen LogP contribution in [0.2, 0.25) is 0 Å². The van der Waals surface area contributed by atoms with Crippen LogP contribution in [0.1, 0.15) is 31.2 Å². The average molecular weight is 226 g/mol. The molecule has 1 saturated heterocycles. The molecule has 0 amide bonds. The van der Waals surface area contributed by atoms with Crippen LogP contribution in [0.3, 0.4) is 0 Å². The van der Waals surface area contributed by atoms with Gasteiger partial charge in [0.2, 0.25) is 0 Å². The zero-order valence-electron chi connectivity index (χ0n) is 10.3. The van der Waals surface area contributed by atoms with Gasteiger partial charge in [0.15, 0.2) is 0 Å². The molecule has 0 bridgehead atoms. The van der Waals surface area contributed by atoms with Crippen LogP contribution in [0.4, 0.5) is 0 Å². The van der Waals surface area contributed by atoms with E-state index in [2.05, 4.69) is 18.0 Å². The van der Waals surface area contributed by atoms with Gasteiger partial charge in [-0.2, -0.15) is 5.26 Å². The highest BCUT2D eigenvalue weighted by molar-refractivity contribution is 5.78. The lowest BCUT2D eigenvalue weighted by atomic mass is 10.0. The fraction of sp³-hybridized carbons (Fsp3) is 0.400. The highest BCUT2D eigenvalue weighted by Crippen LogP contribution is 2.26. The summed E-state index contributed by atoms with van der Waals surface area (Å²) in [6, 6.07) is 12.4.